The highest BCUT2D eigenvalue weighted by Crippen LogP contribution is 2.29. The molecule has 4 N–H and O–H groups in total. The number of hydrogen-bond donors (Lipinski definition) is 3. The molecular weight excluding hydrogens is 396 g/mol. The summed E-state index contributed by atoms with van der Waals surface area (Å²) >= 11 is 6.22. The third-order valence-corrected chi connectivity index (χ3v) is 4.34. The molecule has 0 aromatic carbocycles. The van der Waals surface area contributed by atoms with E-state index in [1.165, 1.54) is 6.20 Å². The molecule has 1 atom stereocenters. The summed E-state index contributed by atoms with van der Waals surface area (Å²) in [5, 5.41) is 14.6. The maximum absolute atomic E-state index is 14.0. The van der Waals surface area contributed by atoms with E-state index in [1.54, 1.807) is 0 Å². The molecule has 1 aromatic rings. The van der Waals surface area contributed by atoms with Gasteiger partial charge in [-0.2, -0.15) is 10.2 Å². The number of nitrogens with zero attached hydrogens (tertiary/aromatic N) is 4. The normalized spacial score (nSPS) is 22.8. The van der Waals surface area contributed by atoms with E-state index in [2.05, 4.69) is 25.6 Å². The van der Waals surface area contributed by atoms with Gasteiger partial charge in [-0.05, 0) is 12.8 Å². The Labute approximate surface area is 164 Å². The van der Waals surface area contributed by atoms with Crippen LogP contribution in [0, 0.1) is 11.3 Å². The van der Waals surface area contributed by atoms with E-state index in [9.17, 15) is 8.78 Å². The first-order valence-electron chi connectivity index (χ1n) is 8.50. The highest BCUT2D eigenvalue weighted by molar-refractivity contribution is 6.70. The lowest BCUT2D eigenvalue weighted by molar-refractivity contribution is -0.126. The molecule has 0 radical (unpaired) electrons. The van der Waals surface area contributed by atoms with Crippen molar-refractivity contribution in [2.75, 3.05) is 37.0 Å². The van der Waals surface area contributed by atoms with Crippen LogP contribution >= 0.6 is 11.6 Å². The minimum Gasteiger partial charge on any atom is -0.478 e. The second kappa shape index (κ2) is 8.53. The molecule has 9 nitrogen and oxygen atoms in total. The van der Waals surface area contributed by atoms with Gasteiger partial charge >= 0.3 is 0 Å². The number of halogens is 3. The molecule has 2 aliphatic rings. The Bertz CT molecular complexity index is 841. The van der Waals surface area contributed by atoms with Gasteiger partial charge in [0, 0.05) is 13.2 Å². The van der Waals surface area contributed by atoms with Crippen molar-refractivity contribution < 1.29 is 18.3 Å². The zero-order valence-electron chi connectivity index (χ0n) is 14.7. The van der Waals surface area contributed by atoms with Gasteiger partial charge in [0.15, 0.2) is 5.17 Å². The maximum Gasteiger partial charge on any atom is 0.292 e. The molecule has 28 heavy (non-hydrogen) atoms. The largest absolute Gasteiger partial charge is 0.478 e. The quantitative estimate of drug-likeness (QED) is 0.625. The standard InChI is InChI=1S/C16H18ClF2N7O2/c17-12(24-10-2-5-27-8-16(10,18)19)11-13(21)28-4-1-3-22-14-9(6-20)7-23-15(25-11)26-14/h7,10H,1-5,8,21H2,(H2,22,23,25,26). The molecule has 3 rings (SSSR count). The second-order valence-electron chi connectivity index (χ2n) is 6.10. The summed E-state index contributed by atoms with van der Waals surface area (Å²) in [6.07, 6.45) is 1.88. The van der Waals surface area contributed by atoms with Crippen molar-refractivity contribution in [3.63, 3.8) is 0 Å². The lowest BCUT2D eigenvalue weighted by atomic mass is 10.1. The number of aliphatic imine (C=N–C) groups is 1. The molecule has 1 saturated heterocycles. The van der Waals surface area contributed by atoms with Crippen molar-refractivity contribution in [3.8, 4) is 6.07 Å². The highest BCUT2D eigenvalue weighted by atomic mass is 35.5. The first-order valence-corrected chi connectivity index (χ1v) is 8.88. The van der Waals surface area contributed by atoms with Gasteiger partial charge in [0.1, 0.15) is 35.8 Å². The molecule has 1 aromatic heterocycles. The number of nitrogens with one attached hydrogen (secondary N) is 2. The van der Waals surface area contributed by atoms with Crippen molar-refractivity contribution in [1.29, 1.82) is 5.26 Å². The average molecular weight is 414 g/mol. The molecule has 12 heteroatoms. The van der Waals surface area contributed by atoms with Crippen LogP contribution in [0.2, 0.25) is 0 Å². The van der Waals surface area contributed by atoms with E-state index in [1.807, 2.05) is 6.07 Å². The molecule has 2 bridgehead atoms. The molecule has 3 heterocycles. The summed E-state index contributed by atoms with van der Waals surface area (Å²) in [4.78, 5) is 12.2. The van der Waals surface area contributed by atoms with Gasteiger partial charge in [0.2, 0.25) is 11.8 Å². The van der Waals surface area contributed by atoms with Crippen LogP contribution in [0.1, 0.15) is 18.4 Å². The highest BCUT2D eigenvalue weighted by Gasteiger charge is 2.43. The predicted octanol–water partition coefficient (Wildman–Crippen LogP) is 1.78. The molecule has 0 spiro atoms. The molecule has 0 aliphatic carbocycles. The topological polar surface area (TPSA) is 130 Å². The van der Waals surface area contributed by atoms with Crippen LogP contribution in [-0.4, -0.2) is 53.5 Å². The summed E-state index contributed by atoms with van der Waals surface area (Å²) in [6.45, 7) is 0.133. The van der Waals surface area contributed by atoms with Crippen molar-refractivity contribution in [2.45, 2.75) is 24.8 Å². The Hall–Kier alpha value is -2.71. The van der Waals surface area contributed by atoms with Gasteiger partial charge in [-0.1, -0.05) is 11.6 Å². The Morgan fingerprint density at radius 3 is 3.04 bits per heavy atom. The van der Waals surface area contributed by atoms with E-state index >= 15 is 0 Å². The zero-order valence-corrected chi connectivity index (χ0v) is 15.5. The molecule has 0 amide bonds. The number of nitrogens with two attached hydrogens (primary N) is 1. The molecule has 1 fully saturated rings. The number of allylic oxidation sites excluding steroid dienone is 1. The SMILES string of the molecule is N#Cc1cnc2nc1NCCCOC(N)=C(C(Cl)=NC1CCOCC1(F)F)N2. The summed E-state index contributed by atoms with van der Waals surface area (Å²) in [5.41, 5.74) is 6.17. The third-order valence-electron chi connectivity index (χ3n) is 4.06. The number of anilines is 2. The van der Waals surface area contributed by atoms with Crippen LogP contribution in [0.15, 0.2) is 22.8 Å². The lowest BCUT2D eigenvalue weighted by Crippen LogP contribution is -2.42. The van der Waals surface area contributed by atoms with Crippen LogP contribution in [0.5, 0.6) is 0 Å². The van der Waals surface area contributed by atoms with Gasteiger partial charge in [0.05, 0.1) is 12.8 Å². The van der Waals surface area contributed by atoms with Crippen molar-refractivity contribution in [3.05, 3.63) is 23.3 Å². The number of ether oxygens (including phenoxy) is 2. The number of rotatable bonds is 2. The summed E-state index contributed by atoms with van der Waals surface area (Å²) in [7, 11) is 0. The Morgan fingerprint density at radius 2 is 2.29 bits per heavy atom. The summed E-state index contributed by atoms with van der Waals surface area (Å²) in [6, 6.07) is 0.632. The Kier molecular flexibility index (Phi) is 6.11. The van der Waals surface area contributed by atoms with Crippen molar-refractivity contribution in [2.24, 2.45) is 10.7 Å². The maximum atomic E-state index is 14.0. The fraction of sp³-hybridized carbons (Fsp3) is 0.500. The molecule has 2 aliphatic heterocycles. The van der Waals surface area contributed by atoms with E-state index in [4.69, 9.17) is 32.1 Å². The number of nitriles is 1. The smallest absolute Gasteiger partial charge is 0.292 e. The predicted molar refractivity (Wildman–Crippen MR) is 98.1 cm³/mol. The monoisotopic (exact) mass is 413 g/mol. The van der Waals surface area contributed by atoms with Crippen LogP contribution in [-0.2, 0) is 9.47 Å². The lowest BCUT2D eigenvalue weighted by Gasteiger charge is -2.28. The van der Waals surface area contributed by atoms with E-state index in [0.717, 1.165) is 0 Å². The van der Waals surface area contributed by atoms with Gasteiger partial charge in [0.25, 0.3) is 5.92 Å². The number of aromatic nitrogens is 2. The number of fused-ring (bicyclic) bond motifs is 2. The molecule has 1 unspecified atom stereocenters. The molecule has 0 saturated carbocycles. The number of hydrogen-bond acceptors (Lipinski definition) is 9. The van der Waals surface area contributed by atoms with Crippen molar-refractivity contribution in [1.82, 2.24) is 9.97 Å². The average Bonchev–Trinajstić information content (AvgIpc) is 2.69. The number of alkyl halides is 2. The van der Waals surface area contributed by atoms with Gasteiger partial charge in [-0.15, -0.1) is 0 Å². The Morgan fingerprint density at radius 1 is 1.46 bits per heavy atom. The first kappa shape index (κ1) is 20.0. The van der Waals surface area contributed by atoms with Crippen LogP contribution in [0.4, 0.5) is 20.5 Å². The minimum atomic E-state index is -3.15. The molecular formula is C16H18ClF2N7O2. The van der Waals surface area contributed by atoms with Crippen LogP contribution in [0.3, 0.4) is 0 Å². The van der Waals surface area contributed by atoms with Crippen LogP contribution < -0.4 is 16.4 Å². The van der Waals surface area contributed by atoms with Gasteiger partial charge in [-0.25, -0.2) is 13.8 Å². The van der Waals surface area contributed by atoms with Crippen LogP contribution in [0.25, 0.3) is 0 Å². The van der Waals surface area contributed by atoms with Gasteiger partial charge < -0.3 is 25.8 Å². The van der Waals surface area contributed by atoms with E-state index < -0.39 is 18.6 Å². The third kappa shape index (κ3) is 4.58. The second-order valence-corrected chi connectivity index (χ2v) is 6.46. The summed E-state index contributed by atoms with van der Waals surface area (Å²) in [5.74, 6) is -2.90. The fourth-order valence-corrected chi connectivity index (χ4v) is 2.85. The summed E-state index contributed by atoms with van der Waals surface area (Å²) < 4.78 is 38.3. The molecule has 150 valence electrons. The Balaban J connectivity index is 1.95. The van der Waals surface area contributed by atoms with Crippen molar-refractivity contribution >= 4 is 28.5 Å². The van der Waals surface area contributed by atoms with E-state index in [-0.39, 0.29) is 47.9 Å². The fourth-order valence-electron chi connectivity index (χ4n) is 2.59. The van der Waals surface area contributed by atoms with Gasteiger partial charge in [-0.3, -0.25) is 4.99 Å². The first-order chi connectivity index (χ1) is 13.4. The minimum absolute atomic E-state index is 0.0126. The van der Waals surface area contributed by atoms with E-state index in [0.29, 0.717) is 18.8 Å². The zero-order chi connectivity index (χ0) is 20.1.